The van der Waals surface area contributed by atoms with Gasteiger partial charge in [-0.3, -0.25) is 19.7 Å². The molecule has 8 nitrogen and oxygen atoms in total. The summed E-state index contributed by atoms with van der Waals surface area (Å²) < 4.78 is 18.6. The van der Waals surface area contributed by atoms with Gasteiger partial charge in [0.05, 0.1) is 29.3 Å². The molecule has 1 aliphatic rings. The van der Waals surface area contributed by atoms with Crippen LogP contribution in [0.3, 0.4) is 0 Å². The van der Waals surface area contributed by atoms with Crippen LogP contribution in [0.5, 0.6) is 0 Å². The van der Waals surface area contributed by atoms with E-state index in [1.165, 1.54) is 47.6 Å². The van der Waals surface area contributed by atoms with Gasteiger partial charge in [-0.15, -0.1) is 0 Å². The predicted molar refractivity (Wildman–Crippen MR) is 106 cm³/mol. The molecule has 1 unspecified atom stereocenters. The number of nitro groups is 1. The number of hydrogen-bond acceptors (Lipinski definition) is 6. The van der Waals surface area contributed by atoms with Crippen molar-refractivity contribution in [3.63, 3.8) is 0 Å². The number of likely N-dealkylation sites (tertiary alicyclic amines) is 1. The molecule has 1 aromatic heterocycles. The number of halogens is 1. The van der Waals surface area contributed by atoms with E-state index < -0.39 is 34.2 Å². The largest absolute Gasteiger partial charge is 0.507 e. The van der Waals surface area contributed by atoms with Gasteiger partial charge >= 0.3 is 0 Å². The summed E-state index contributed by atoms with van der Waals surface area (Å²) >= 11 is 0. The van der Waals surface area contributed by atoms with Crippen LogP contribution < -0.4 is 0 Å². The van der Waals surface area contributed by atoms with Crippen molar-refractivity contribution in [3.05, 3.63) is 105 Å². The van der Waals surface area contributed by atoms with Crippen LogP contribution in [0.4, 0.5) is 10.1 Å². The van der Waals surface area contributed by atoms with Gasteiger partial charge in [-0.2, -0.15) is 0 Å². The predicted octanol–water partition coefficient (Wildman–Crippen LogP) is 3.95. The van der Waals surface area contributed by atoms with Crippen LogP contribution in [-0.4, -0.2) is 26.6 Å². The van der Waals surface area contributed by atoms with Crippen molar-refractivity contribution in [1.29, 1.82) is 0 Å². The molecule has 0 spiro atoms. The number of non-ortho nitro benzene ring substituents is 1. The molecule has 0 radical (unpaired) electrons. The van der Waals surface area contributed by atoms with E-state index in [-0.39, 0.29) is 23.4 Å². The molecule has 1 aliphatic heterocycles. The Kier molecular flexibility index (Phi) is 5.08. The number of Topliss-reactive ketones (excluding diaryl/α,β-unsaturated/α-hetero) is 1. The van der Waals surface area contributed by atoms with Gasteiger partial charge in [-0.05, 0) is 54.1 Å². The molecule has 1 saturated heterocycles. The van der Waals surface area contributed by atoms with Crippen molar-refractivity contribution in [3.8, 4) is 0 Å². The molecular formula is C22H15FN2O6. The minimum atomic E-state index is -1.02. The molecule has 1 fully saturated rings. The zero-order chi connectivity index (χ0) is 22.1. The van der Waals surface area contributed by atoms with Crippen molar-refractivity contribution < 1.29 is 28.4 Å². The van der Waals surface area contributed by atoms with Crippen molar-refractivity contribution in [2.45, 2.75) is 12.6 Å². The maximum atomic E-state index is 13.3. The van der Waals surface area contributed by atoms with Gasteiger partial charge in [0, 0.05) is 17.7 Å². The average molecular weight is 422 g/mol. The maximum absolute atomic E-state index is 13.3. The standard InChI is InChI=1S/C22H15FN2O6/c23-15-7-3-14(4-8-15)20(26)18-19(13-5-9-16(10-6-13)25(29)30)24(22(28)21(18)27)12-17-2-1-11-31-17/h1-11,19,26H,12H2. The van der Waals surface area contributed by atoms with Crippen LogP contribution in [0, 0.1) is 15.9 Å². The van der Waals surface area contributed by atoms with Gasteiger partial charge in [0.15, 0.2) is 0 Å². The smallest absolute Gasteiger partial charge is 0.296 e. The third-order valence-corrected chi connectivity index (χ3v) is 4.98. The highest BCUT2D eigenvalue weighted by Crippen LogP contribution is 2.40. The van der Waals surface area contributed by atoms with Gasteiger partial charge in [-0.25, -0.2) is 4.39 Å². The third-order valence-electron chi connectivity index (χ3n) is 4.98. The molecule has 1 atom stereocenters. The zero-order valence-electron chi connectivity index (χ0n) is 15.9. The van der Waals surface area contributed by atoms with Gasteiger partial charge in [0.1, 0.15) is 17.3 Å². The van der Waals surface area contributed by atoms with Gasteiger partial charge in [0.2, 0.25) is 0 Å². The van der Waals surface area contributed by atoms with E-state index in [2.05, 4.69) is 0 Å². The molecule has 0 saturated carbocycles. The normalized spacial score (nSPS) is 17.8. The first-order chi connectivity index (χ1) is 14.9. The molecule has 1 N–H and O–H groups in total. The average Bonchev–Trinajstić information content (AvgIpc) is 3.36. The SMILES string of the molecule is O=C1C(=O)N(Cc2ccco2)C(c2ccc([N+](=O)[O-])cc2)C1=C(O)c1ccc(F)cc1. The highest BCUT2D eigenvalue weighted by atomic mass is 19.1. The van der Waals surface area contributed by atoms with Crippen LogP contribution in [-0.2, 0) is 16.1 Å². The number of furan rings is 1. The second-order valence-electron chi connectivity index (χ2n) is 6.86. The Bertz CT molecular complexity index is 1180. The molecule has 2 aromatic carbocycles. The summed E-state index contributed by atoms with van der Waals surface area (Å²) in [5, 5.41) is 21.8. The summed E-state index contributed by atoms with van der Waals surface area (Å²) in [6.07, 6.45) is 1.42. The van der Waals surface area contributed by atoms with E-state index in [4.69, 9.17) is 4.42 Å². The topological polar surface area (TPSA) is 114 Å². The van der Waals surface area contributed by atoms with Gasteiger partial charge < -0.3 is 14.4 Å². The number of aliphatic hydroxyl groups is 1. The van der Waals surface area contributed by atoms with E-state index in [0.29, 0.717) is 11.3 Å². The monoisotopic (exact) mass is 422 g/mol. The number of nitrogens with zero attached hydrogens (tertiary/aromatic N) is 2. The van der Waals surface area contributed by atoms with Crippen LogP contribution >= 0.6 is 0 Å². The molecule has 4 rings (SSSR count). The molecule has 156 valence electrons. The number of hydrogen-bond donors (Lipinski definition) is 1. The molecular weight excluding hydrogens is 407 g/mol. The molecule has 2 heterocycles. The molecule has 3 aromatic rings. The second-order valence-corrected chi connectivity index (χ2v) is 6.86. The number of nitro benzene ring substituents is 1. The summed E-state index contributed by atoms with van der Waals surface area (Å²) in [6, 6.07) is 12.4. The van der Waals surface area contributed by atoms with Crippen LogP contribution in [0.25, 0.3) is 5.76 Å². The lowest BCUT2D eigenvalue weighted by Crippen LogP contribution is -2.29. The molecule has 1 amide bonds. The number of carbonyl (C=O) groups is 2. The Labute approximate surface area is 175 Å². The van der Waals surface area contributed by atoms with E-state index >= 15 is 0 Å². The van der Waals surface area contributed by atoms with Crippen molar-refractivity contribution >= 4 is 23.1 Å². The molecule has 31 heavy (non-hydrogen) atoms. The maximum Gasteiger partial charge on any atom is 0.296 e. The third kappa shape index (κ3) is 3.68. The number of benzene rings is 2. The number of carbonyl (C=O) groups excluding carboxylic acids is 2. The van der Waals surface area contributed by atoms with Crippen molar-refractivity contribution in [1.82, 2.24) is 4.90 Å². The lowest BCUT2D eigenvalue weighted by Gasteiger charge is -2.24. The van der Waals surface area contributed by atoms with Crippen LogP contribution in [0.2, 0.25) is 0 Å². The minimum Gasteiger partial charge on any atom is -0.507 e. The first kappa shape index (κ1) is 20.0. The number of aliphatic hydroxyl groups excluding tert-OH is 1. The van der Waals surface area contributed by atoms with Crippen molar-refractivity contribution in [2.75, 3.05) is 0 Å². The Morgan fingerprint density at radius 2 is 1.77 bits per heavy atom. The van der Waals surface area contributed by atoms with E-state index in [0.717, 1.165) is 12.1 Å². The number of amides is 1. The molecule has 9 heteroatoms. The summed E-state index contributed by atoms with van der Waals surface area (Å²) in [4.78, 5) is 37.3. The van der Waals surface area contributed by atoms with Crippen LogP contribution in [0.15, 0.2) is 76.9 Å². The van der Waals surface area contributed by atoms with Crippen LogP contribution in [0.1, 0.15) is 22.9 Å². The summed E-state index contributed by atoms with van der Waals surface area (Å²) in [7, 11) is 0. The highest BCUT2D eigenvalue weighted by molar-refractivity contribution is 6.46. The second kappa shape index (κ2) is 7.86. The quantitative estimate of drug-likeness (QED) is 0.219. The fourth-order valence-corrected chi connectivity index (χ4v) is 3.50. The first-order valence-electron chi connectivity index (χ1n) is 9.18. The Balaban J connectivity index is 1.85. The van der Waals surface area contributed by atoms with Gasteiger partial charge in [-0.1, -0.05) is 0 Å². The minimum absolute atomic E-state index is 0.0561. The molecule has 0 bridgehead atoms. The lowest BCUT2D eigenvalue weighted by molar-refractivity contribution is -0.384. The summed E-state index contributed by atoms with van der Waals surface area (Å²) in [6.45, 7) is -0.0561. The summed E-state index contributed by atoms with van der Waals surface area (Å²) in [5.74, 6) is -2.36. The van der Waals surface area contributed by atoms with Gasteiger partial charge in [0.25, 0.3) is 17.4 Å². The number of ketones is 1. The fourth-order valence-electron chi connectivity index (χ4n) is 3.50. The molecule has 0 aliphatic carbocycles. The van der Waals surface area contributed by atoms with Crippen molar-refractivity contribution in [2.24, 2.45) is 0 Å². The zero-order valence-corrected chi connectivity index (χ0v) is 15.9. The fraction of sp³-hybridized carbons (Fsp3) is 0.0909. The lowest BCUT2D eigenvalue weighted by atomic mass is 9.95. The Hall–Kier alpha value is -4.27. The highest BCUT2D eigenvalue weighted by Gasteiger charge is 2.46. The van der Waals surface area contributed by atoms with E-state index in [1.807, 2.05) is 0 Å². The van der Waals surface area contributed by atoms with E-state index in [1.54, 1.807) is 12.1 Å². The Morgan fingerprint density at radius 1 is 1.10 bits per heavy atom. The number of rotatable bonds is 5. The first-order valence-corrected chi connectivity index (χ1v) is 9.18. The van der Waals surface area contributed by atoms with E-state index in [9.17, 15) is 29.2 Å². The summed E-state index contributed by atoms with van der Waals surface area (Å²) in [5.41, 5.74) is 0.187. The Morgan fingerprint density at radius 3 is 2.35 bits per heavy atom.